The molecule has 4 saturated carbocycles. The van der Waals surface area contributed by atoms with Crippen LogP contribution in [0.1, 0.15) is 106 Å². The van der Waals surface area contributed by atoms with E-state index in [0.717, 1.165) is 60.7 Å². The highest BCUT2D eigenvalue weighted by Gasteiger charge is 2.79. The van der Waals surface area contributed by atoms with E-state index in [1.54, 1.807) is 0 Å². The van der Waals surface area contributed by atoms with Gasteiger partial charge in [0.25, 0.3) is 0 Å². The molecule has 1 N–H and O–H groups in total. The Hall–Kier alpha value is 0.210. The topological polar surface area (TPSA) is 32.8 Å². The van der Waals surface area contributed by atoms with E-state index in [9.17, 15) is 5.11 Å². The van der Waals surface area contributed by atoms with Crippen molar-refractivity contribution >= 4 is 11.6 Å². The molecule has 0 radical (unpaired) electrons. The highest BCUT2D eigenvalue weighted by Crippen LogP contribution is 2.74. The summed E-state index contributed by atoms with van der Waals surface area (Å²) in [6.45, 7) is 14.9. The molecule has 4 unspecified atom stereocenters. The summed E-state index contributed by atoms with van der Waals surface area (Å²) in [5.41, 5.74) is 0.414. The third kappa shape index (κ3) is 3.17. The molecule has 1 saturated heterocycles. The van der Waals surface area contributed by atoms with E-state index in [-0.39, 0.29) is 28.6 Å². The van der Waals surface area contributed by atoms with Crippen molar-refractivity contribution in [3.63, 3.8) is 0 Å². The van der Waals surface area contributed by atoms with Crippen LogP contribution in [0.3, 0.4) is 0 Å². The average Bonchev–Trinajstić information content (AvgIpc) is 3.42. The zero-order chi connectivity index (χ0) is 23.1. The van der Waals surface area contributed by atoms with Gasteiger partial charge in [-0.25, -0.2) is 0 Å². The number of alkyl halides is 1. The molecule has 1 spiro atoms. The Morgan fingerprint density at radius 3 is 2.44 bits per heavy atom. The van der Waals surface area contributed by atoms with Gasteiger partial charge in [0.05, 0.1) is 11.5 Å². The van der Waals surface area contributed by atoms with E-state index in [0.29, 0.717) is 5.41 Å². The molecule has 0 aromatic heterocycles. The van der Waals surface area contributed by atoms with Crippen molar-refractivity contribution in [3.8, 4) is 0 Å². The number of hydrogen-bond donors (Lipinski definition) is 1. The lowest BCUT2D eigenvalue weighted by Crippen LogP contribution is -2.62. The van der Waals surface area contributed by atoms with Gasteiger partial charge in [-0.1, -0.05) is 54.4 Å². The first-order chi connectivity index (χ1) is 15.1. The second-order valence-electron chi connectivity index (χ2n) is 13.6. The van der Waals surface area contributed by atoms with E-state index < -0.39 is 0 Å². The lowest BCUT2D eigenvalue weighted by molar-refractivity contribution is -0.118. The number of ether oxygens (including phenoxy) is 1. The molecule has 12 atom stereocenters. The van der Waals surface area contributed by atoms with Crippen LogP contribution < -0.4 is 0 Å². The van der Waals surface area contributed by atoms with Gasteiger partial charge in [0, 0.05) is 5.41 Å². The van der Waals surface area contributed by atoms with Crippen LogP contribution in [0.15, 0.2) is 0 Å². The molecule has 2 nitrogen and oxygen atoms in total. The van der Waals surface area contributed by atoms with Crippen molar-refractivity contribution in [3.05, 3.63) is 0 Å². The van der Waals surface area contributed by atoms with Gasteiger partial charge < -0.3 is 9.84 Å². The highest BCUT2D eigenvalue weighted by atomic mass is 35.5. The van der Waals surface area contributed by atoms with Gasteiger partial charge in [0.2, 0.25) is 0 Å². The Bertz CT molecular complexity index is 709. The Labute approximate surface area is 202 Å². The molecule has 0 aromatic rings. The summed E-state index contributed by atoms with van der Waals surface area (Å²) in [5, 5.41) is 10.6. The first kappa shape index (κ1) is 23.9. The predicted octanol–water partition coefficient (Wildman–Crippen LogP) is 7.45. The molecule has 0 amide bonds. The third-order valence-electron chi connectivity index (χ3n) is 12.3. The average molecular weight is 465 g/mol. The van der Waals surface area contributed by atoms with Crippen LogP contribution in [-0.4, -0.2) is 28.3 Å². The number of epoxide rings is 1. The number of rotatable bonds is 6. The predicted molar refractivity (Wildman–Crippen MR) is 133 cm³/mol. The molecule has 32 heavy (non-hydrogen) atoms. The van der Waals surface area contributed by atoms with Gasteiger partial charge in [0.1, 0.15) is 11.7 Å². The maximum absolute atomic E-state index is 10.5. The van der Waals surface area contributed by atoms with Crippen molar-refractivity contribution in [2.24, 2.45) is 52.3 Å². The summed E-state index contributed by atoms with van der Waals surface area (Å²) in [6, 6.07) is 0. The van der Waals surface area contributed by atoms with Crippen LogP contribution in [0.25, 0.3) is 0 Å². The summed E-state index contributed by atoms with van der Waals surface area (Å²) in [6.07, 6.45) is 12.5. The summed E-state index contributed by atoms with van der Waals surface area (Å²) in [4.78, 5) is 0. The number of aliphatic hydroxyl groups excluding tert-OH is 1. The fraction of sp³-hybridized carbons (Fsp3) is 1.00. The third-order valence-corrected chi connectivity index (χ3v) is 12.8. The Morgan fingerprint density at radius 1 is 1.00 bits per heavy atom. The van der Waals surface area contributed by atoms with E-state index in [2.05, 4.69) is 41.5 Å². The number of fused-ring (bicyclic) bond motifs is 4. The van der Waals surface area contributed by atoms with E-state index >= 15 is 0 Å². The number of hydrogen-bond acceptors (Lipinski definition) is 2. The van der Waals surface area contributed by atoms with Crippen molar-refractivity contribution in [2.45, 2.75) is 129 Å². The molecular formula is C29H49ClO2. The molecule has 3 heteroatoms. The Kier molecular flexibility index (Phi) is 6.08. The quantitative estimate of drug-likeness (QED) is 0.327. The minimum absolute atomic E-state index is 0.00169. The van der Waals surface area contributed by atoms with Crippen LogP contribution in [0.2, 0.25) is 0 Å². The Morgan fingerprint density at radius 2 is 1.75 bits per heavy atom. The first-order valence-corrected chi connectivity index (χ1v) is 14.5. The van der Waals surface area contributed by atoms with Crippen LogP contribution in [0.4, 0.5) is 0 Å². The van der Waals surface area contributed by atoms with Crippen molar-refractivity contribution in [1.82, 2.24) is 0 Å². The van der Waals surface area contributed by atoms with Crippen molar-refractivity contribution < 1.29 is 9.84 Å². The maximum Gasteiger partial charge on any atom is 0.119 e. The van der Waals surface area contributed by atoms with Gasteiger partial charge in [-0.05, 0) is 98.2 Å². The minimum atomic E-state index is -0.302. The van der Waals surface area contributed by atoms with Gasteiger partial charge in [-0.3, -0.25) is 0 Å². The first-order valence-electron chi connectivity index (χ1n) is 14.1. The molecule has 1 heterocycles. The normalized spacial score (nSPS) is 53.7. The fourth-order valence-electron chi connectivity index (χ4n) is 10.4. The lowest BCUT2D eigenvalue weighted by Gasteiger charge is -2.61. The molecule has 0 bridgehead atoms. The smallest absolute Gasteiger partial charge is 0.119 e. The largest absolute Gasteiger partial charge is 0.390 e. The monoisotopic (exact) mass is 464 g/mol. The van der Waals surface area contributed by atoms with Crippen LogP contribution in [0, 0.1) is 52.3 Å². The van der Waals surface area contributed by atoms with Crippen LogP contribution in [-0.2, 0) is 4.74 Å². The zero-order valence-electron chi connectivity index (χ0n) is 21.6. The number of halogens is 1. The minimum Gasteiger partial charge on any atom is -0.390 e. The molecule has 4 aliphatic carbocycles. The second kappa shape index (κ2) is 8.12. The molecule has 1 aliphatic heterocycles. The highest BCUT2D eigenvalue weighted by molar-refractivity contribution is 6.22. The molecule has 5 fully saturated rings. The van der Waals surface area contributed by atoms with E-state index in [1.165, 1.54) is 44.9 Å². The van der Waals surface area contributed by atoms with Crippen molar-refractivity contribution in [1.29, 1.82) is 0 Å². The molecule has 5 aliphatic rings. The molecular weight excluding hydrogens is 416 g/mol. The van der Waals surface area contributed by atoms with E-state index in [1.807, 2.05) is 0 Å². The van der Waals surface area contributed by atoms with Gasteiger partial charge in [0.15, 0.2) is 0 Å². The van der Waals surface area contributed by atoms with Gasteiger partial charge in [-0.15, -0.1) is 11.6 Å². The van der Waals surface area contributed by atoms with Gasteiger partial charge >= 0.3 is 0 Å². The van der Waals surface area contributed by atoms with Crippen LogP contribution >= 0.6 is 11.6 Å². The lowest BCUT2D eigenvalue weighted by atomic mass is 9.44. The summed E-state index contributed by atoms with van der Waals surface area (Å²) in [7, 11) is 0. The van der Waals surface area contributed by atoms with E-state index in [4.69, 9.17) is 16.3 Å². The summed E-state index contributed by atoms with van der Waals surface area (Å²) >= 11 is 7.18. The summed E-state index contributed by atoms with van der Waals surface area (Å²) in [5.74, 6) is 5.74. The molecule has 5 rings (SSSR count). The maximum atomic E-state index is 10.5. The molecule has 184 valence electrons. The number of aliphatic hydroxyl groups is 1. The SMILES string of the molecule is CC[C@H](CC[C@@H](C)[C@H]1CC[C@H]2[C@@H]3CC(Cl)C45OC4C(O)CC[C@]5(C)[C@H]3CC[C@]12C)C(C)C. The second-order valence-corrected chi connectivity index (χ2v) is 14.2. The standard InChI is InChI=1S/C29H49ClO2/c1-7-19(17(2)3)9-8-18(4)21-10-11-22-20-16-25(30)29-26(32-29)24(31)13-15-28(29,6)23(20)12-14-27(21,22)5/h17-26,31H,7-16H2,1-6H3/t18-,19-,20+,21-,22+,23+,24?,25?,26?,27-,28-,29?/m1/s1. The Balaban J connectivity index is 1.33. The van der Waals surface area contributed by atoms with Crippen LogP contribution in [0.5, 0.6) is 0 Å². The molecule has 0 aromatic carbocycles. The van der Waals surface area contributed by atoms with Gasteiger partial charge in [-0.2, -0.15) is 0 Å². The van der Waals surface area contributed by atoms with Crippen molar-refractivity contribution in [2.75, 3.05) is 0 Å². The summed E-state index contributed by atoms with van der Waals surface area (Å²) < 4.78 is 6.34. The zero-order valence-corrected chi connectivity index (χ0v) is 22.3. The fourth-order valence-corrected chi connectivity index (χ4v) is 11.0.